The summed E-state index contributed by atoms with van der Waals surface area (Å²) in [6, 6.07) is 11.0. The van der Waals surface area contributed by atoms with Crippen molar-refractivity contribution in [2.75, 3.05) is 5.32 Å². The molecule has 1 aliphatic rings. The van der Waals surface area contributed by atoms with Crippen molar-refractivity contribution in [3.63, 3.8) is 0 Å². The van der Waals surface area contributed by atoms with Crippen LogP contribution in [0.15, 0.2) is 30.3 Å². The third kappa shape index (κ3) is 5.66. The molecule has 0 radical (unpaired) electrons. The smallest absolute Gasteiger partial charge is 0.407 e. The van der Waals surface area contributed by atoms with Crippen LogP contribution in [0.3, 0.4) is 0 Å². The quantitative estimate of drug-likeness (QED) is 0.886. The van der Waals surface area contributed by atoms with Crippen LogP contribution in [0.1, 0.15) is 46.5 Å². The van der Waals surface area contributed by atoms with E-state index in [0.29, 0.717) is 6.04 Å². The summed E-state index contributed by atoms with van der Waals surface area (Å²) in [6.45, 7) is 5.65. The van der Waals surface area contributed by atoms with Crippen molar-refractivity contribution in [1.82, 2.24) is 5.32 Å². The molecule has 1 aromatic carbocycles. The van der Waals surface area contributed by atoms with Gasteiger partial charge in [0.15, 0.2) is 0 Å². The molecule has 0 spiro atoms. The molecule has 0 atom stereocenters. The summed E-state index contributed by atoms with van der Waals surface area (Å²) in [6.07, 6.45) is 3.81. The number of anilines is 1. The van der Waals surface area contributed by atoms with Crippen LogP contribution in [0.4, 0.5) is 10.5 Å². The molecule has 0 aliphatic heterocycles. The van der Waals surface area contributed by atoms with E-state index in [-0.39, 0.29) is 12.1 Å². The Bertz CT molecular complexity index is 446. The minimum atomic E-state index is -0.434. The van der Waals surface area contributed by atoms with E-state index in [1.807, 2.05) is 39.0 Å². The lowest BCUT2D eigenvalue weighted by Gasteiger charge is -2.31. The van der Waals surface area contributed by atoms with Gasteiger partial charge in [-0.25, -0.2) is 4.79 Å². The number of ether oxygens (including phenoxy) is 1. The maximum Gasteiger partial charge on any atom is 0.407 e. The summed E-state index contributed by atoms with van der Waals surface area (Å²) in [5, 5.41) is 6.52. The van der Waals surface area contributed by atoms with Gasteiger partial charge in [-0.15, -0.1) is 0 Å². The normalized spacial score (nSPS) is 22.4. The molecule has 0 aromatic heterocycles. The first-order chi connectivity index (χ1) is 9.92. The van der Waals surface area contributed by atoms with Crippen LogP contribution < -0.4 is 10.6 Å². The number of nitrogens with one attached hydrogen (secondary N) is 2. The molecule has 4 heteroatoms. The van der Waals surface area contributed by atoms with Gasteiger partial charge in [0.25, 0.3) is 0 Å². The molecule has 0 heterocycles. The van der Waals surface area contributed by atoms with E-state index >= 15 is 0 Å². The third-order valence-corrected chi connectivity index (χ3v) is 3.59. The minimum absolute atomic E-state index is 0.230. The van der Waals surface area contributed by atoms with Gasteiger partial charge in [-0.2, -0.15) is 0 Å². The topological polar surface area (TPSA) is 50.4 Å². The largest absolute Gasteiger partial charge is 0.444 e. The van der Waals surface area contributed by atoms with Gasteiger partial charge >= 0.3 is 6.09 Å². The van der Waals surface area contributed by atoms with Crippen LogP contribution in [-0.2, 0) is 4.74 Å². The fourth-order valence-electron chi connectivity index (χ4n) is 2.63. The third-order valence-electron chi connectivity index (χ3n) is 3.59. The molecule has 1 amide bonds. The number of benzene rings is 1. The van der Waals surface area contributed by atoms with Gasteiger partial charge in [-0.05, 0) is 58.6 Å². The minimum Gasteiger partial charge on any atom is -0.444 e. The van der Waals surface area contributed by atoms with Crippen LogP contribution in [0.5, 0.6) is 0 Å². The fourth-order valence-corrected chi connectivity index (χ4v) is 2.63. The highest BCUT2D eigenvalue weighted by Crippen LogP contribution is 2.22. The van der Waals surface area contributed by atoms with E-state index in [2.05, 4.69) is 22.8 Å². The number of rotatable bonds is 3. The molecule has 2 N–H and O–H groups in total. The maximum absolute atomic E-state index is 11.8. The van der Waals surface area contributed by atoms with Gasteiger partial charge in [0.2, 0.25) is 0 Å². The summed E-state index contributed by atoms with van der Waals surface area (Å²) in [4.78, 5) is 11.8. The van der Waals surface area contributed by atoms with E-state index in [9.17, 15) is 4.79 Å². The maximum atomic E-state index is 11.8. The Morgan fingerprint density at radius 1 is 1.05 bits per heavy atom. The van der Waals surface area contributed by atoms with E-state index in [1.54, 1.807) is 0 Å². The number of carbonyl (C=O) groups is 1. The second-order valence-corrected chi connectivity index (χ2v) is 6.71. The van der Waals surface area contributed by atoms with Crippen molar-refractivity contribution in [2.45, 2.75) is 64.1 Å². The highest BCUT2D eigenvalue weighted by atomic mass is 16.6. The van der Waals surface area contributed by atoms with Crippen molar-refractivity contribution in [3.8, 4) is 0 Å². The number of amides is 1. The van der Waals surface area contributed by atoms with Crippen LogP contribution in [0.25, 0.3) is 0 Å². The molecule has 2 rings (SSSR count). The number of hydrogen-bond donors (Lipinski definition) is 2. The molecule has 21 heavy (non-hydrogen) atoms. The van der Waals surface area contributed by atoms with Crippen LogP contribution in [0, 0.1) is 0 Å². The molecule has 0 bridgehead atoms. The van der Waals surface area contributed by atoms with Crippen molar-refractivity contribution in [2.24, 2.45) is 0 Å². The van der Waals surface area contributed by atoms with Gasteiger partial charge < -0.3 is 15.4 Å². The fraction of sp³-hybridized carbons (Fsp3) is 0.588. The molecular weight excluding hydrogens is 264 g/mol. The van der Waals surface area contributed by atoms with Crippen molar-refractivity contribution >= 4 is 11.8 Å². The predicted molar refractivity (Wildman–Crippen MR) is 85.5 cm³/mol. The average molecular weight is 290 g/mol. The second-order valence-electron chi connectivity index (χ2n) is 6.71. The number of alkyl carbamates (subject to hydrolysis) is 1. The van der Waals surface area contributed by atoms with Crippen LogP contribution in [0.2, 0.25) is 0 Å². The first kappa shape index (κ1) is 15.7. The number of hydrogen-bond acceptors (Lipinski definition) is 3. The molecule has 1 aliphatic carbocycles. The lowest BCUT2D eigenvalue weighted by Crippen LogP contribution is -2.42. The van der Waals surface area contributed by atoms with E-state index in [4.69, 9.17) is 4.74 Å². The summed E-state index contributed by atoms with van der Waals surface area (Å²) < 4.78 is 5.30. The Hall–Kier alpha value is -1.71. The Kier molecular flexibility index (Phi) is 5.10. The van der Waals surface area contributed by atoms with Crippen molar-refractivity contribution in [1.29, 1.82) is 0 Å². The van der Waals surface area contributed by atoms with E-state index < -0.39 is 5.60 Å². The first-order valence-corrected chi connectivity index (χ1v) is 7.73. The molecule has 1 aromatic rings. The standard InChI is InChI=1S/C17H26N2O2/c1-17(2,3)21-16(20)19-15-11-9-14(10-12-15)18-13-7-5-4-6-8-13/h4-8,14-15,18H,9-12H2,1-3H3,(H,19,20). The highest BCUT2D eigenvalue weighted by molar-refractivity contribution is 5.68. The Balaban J connectivity index is 1.72. The summed E-state index contributed by atoms with van der Waals surface area (Å²) >= 11 is 0. The van der Waals surface area contributed by atoms with E-state index in [0.717, 1.165) is 25.7 Å². The van der Waals surface area contributed by atoms with Crippen LogP contribution >= 0.6 is 0 Å². The molecule has 0 unspecified atom stereocenters. The van der Waals surface area contributed by atoms with Gasteiger partial charge in [0.1, 0.15) is 5.60 Å². The zero-order chi connectivity index (χ0) is 15.3. The monoisotopic (exact) mass is 290 g/mol. The Morgan fingerprint density at radius 2 is 1.62 bits per heavy atom. The van der Waals surface area contributed by atoms with Gasteiger partial charge in [-0.3, -0.25) is 0 Å². The lowest BCUT2D eigenvalue weighted by molar-refractivity contribution is 0.0492. The molecule has 4 nitrogen and oxygen atoms in total. The summed E-state index contributed by atoms with van der Waals surface area (Å²) in [5.74, 6) is 0. The SMILES string of the molecule is CC(C)(C)OC(=O)NC1CCC(Nc2ccccc2)CC1. The second kappa shape index (κ2) is 6.83. The van der Waals surface area contributed by atoms with Gasteiger partial charge in [0, 0.05) is 17.8 Å². The average Bonchev–Trinajstić information content (AvgIpc) is 2.40. The number of carbonyl (C=O) groups excluding carboxylic acids is 1. The van der Waals surface area contributed by atoms with Crippen molar-refractivity contribution < 1.29 is 9.53 Å². The molecular formula is C17H26N2O2. The molecule has 1 saturated carbocycles. The predicted octanol–water partition coefficient (Wildman–Crippen LogP) is 3.93. The Labute approximate surface area is 127 Å². The number of para-hydroxylation sites is 1. The lowest BCUT2D eigenvalue weighted by atomic mass is 9.91. The van der Waals surface area contributed by atoms with Gasteiger partial charge in [0.05, 0.1) is 0 Å². The molecule has 1 fully saturated rings. The zero-order valence-corrected chi connectivity index (χ0v) is 13.2. The zero-order valence-electron chi connectivity index (χ0n) is 13.2. The first-order valence-electron chi connectivity index (χ1n) is 7.73. The summed E-state index contributed by atoms with van der Waals surface area (Å²) in [5.41, 5.74) is 0.733. The Morgan fingerprint density at radius 3 is 2.19 bits per heavy atom. The van der Waals surface area contributed by atoms with Gasteiger partial charge in [-0.1, -0.05) is 18.2 Å². The van der Waals surface area contributed by atoms with Crippen LogP contribution in [-0.4, -0.2) is 23.8 Å². The summed E-state index contributed by atoms with van der Waals surface area (Å²) in [7, 11) is 0. The van der Waals surface area contributed by atoms with E-state index in [1.165, 1.54) is 5.69 Å². The highest BCUT2D eigenvalue weighted by Gasteiger charge is 2.24. The molecule has 0 saturated heterocycles. The molecule has 116 valence electrons. The van der Waals surface area contributed by atoms with Crippen molar-refractivity contribution in [3.05, 3.63) is 30.3 Å².